The van der Waals surface area contributed by atoms with Gasteiger partial charge in [-0.2, -0.15) is 0 Å². The number of hydrogen-bond acceptors (Lipinski definition) is 2. The molecular formula is C11H22ClNO2S. The summed E-state index contributed by atoms with van der Waals surface area (Å²) >= 11 is 6.19. The highest BCUT2D eigenvalue weighted by Gasteiger charge is 2.31. The second-order valence-electron chi connectivity index (χ2n) is 5.52. The van der Waals surface area contributed by atoms with Crippen molar-refractivity contribution < 1.29 is 8.42 Å². The highest BCUT2D eigenvalue weighted by atomic mass is 35.5. The molecule has 0 saturated heterocycles. The molecule has 2 atom stereocenters. The van der Waals surface area contributed by atoms with Crippen LogP contribution in [0.15, 0.2) is 0 Å². The zero-order chi connectivity index (χ0) is 12.4. The highest BCUT2D eigenvalue weighted by Crippen LogP contribution is 2.28. The van der Waals surface area contributed by atoms with Gasteiger partial charge in [-0.05, 0) is 39.5 Å². The predicted octanol–water partition coefficient (Wildman–Crippen LogP) is 2.50. The average Bonchev–Trinajstić information content (AvgIpc) is 2.15. The van der Waals surface area contributed by atoms with E-state index in [4.69, 9.17) is 11.6 Å². The van der Waals surface area contributed by atoms with Crippen molar-refractivity contribution in [2.75, 3.05) is 6.54 Å². The minimum atomic E-state index is -3.23. The Labute approximate surface area is 104 Å². The second-order valence-corrected chi connectivity index (χ2v) is 8.61. The molecule has 1 aliphatic rings. The molecule has 1 N–H and O–H groups in total. The van der Waals surface area contributed by atoms with Crippen LogP contribution in [0.4, 0.5) is 0 Å². The zero-order valence-corrected chi connectivity index (χ0v) is 11.9. The second kappa shape index (κ2) is 5.23. The van der Waals surface area contributed by atoms with Gasteiger partial charge in [0.25, 0.3) is 0 Å². The van der Waals surface area contributed by atoms with E-state index in [0.717, 1.165) is 25.7 Å². The van der Waals surface area contributed by atoms with E-state index in [1.54, 1.807) is 20.8 Å². The van der Waals surface area contributed by atoms with Gasteiger partial charge in [-0.15, -0.1) is 11.6 Å². The molecule has 0 spiro atoms. The first-order valence-electron chi connectivity index (χ1n) is 5.87. The molecule has 0 amide bonds. The van der Waals surface area contributed by atoms with E-state index in [-0.39, 0.29) is 11.3 Å². The van der Waals surface area contributed by atoms with E-state index < -0.39 is 14.8 Å². The third-order valence-electron chi connectivity index (χ3n) is 3.16. The largest absolute Gasteiger partial charge is 0.216 e. The van der Waals surface area contributed by atoms with E-state index in [1.807, 2.05) is 0 Å². The smallest absolute Gasteiger partial charge is 0.214 e. The van der Waals surface area contributed by atoms with Crippen molar-refractivity contribution in [1.29, 1.82) is 0 Å². The lowest BCUT2D eigenvalue weighted by Crippen LogP contribution is -2.43. The van der Waals surface area contributed by atoms with Crippen LogP contribution in [-0.2, 0) is 10.0 Å². The van der Waals surface area contributed by atoms with Crippen LogP contribution in [0.3, 0.4) is 0 Å². The van der Waals surface area contributed by atoms with Crippen molar-refractivity contribution >= 4 is 21.6 Å². The normalized spacial score (nSPS) is 28.0. The summed E-state index contributed by atoms with van der Waals surface area (Å²) in [4.78, 5) is 0. The van der Waals surface area contributed by atoms with Gasteiger partial charge in [0.15, 0.2) is 0 Å². The van der Waals surface area contributed by atoms with E-state index in [2.05, 4.69) is 4.72 Å². The molecule has 0 heterocycles. The summed E-state index contributed by atoms with van der Waals surface area (Å²) in [5.74, 6) is 0.285. The number of alkyl halides is 1. The van der Waals surface area contributed by atoms with Crippen molar-refractivity contribution in [3.05, 3.63) is 0 Å². The Morgan fingerprint density at radius 1 is 1.25 bits per heavy atom. The lowest BCUT2D eigenvalue weighted by atomic mass is 9.89. The van der Waals surface area contributed by atoms with E-state index in [1.165, 1.54) is 0 Å². The van der Waals surface area contributed by atoms with Crippen molar-refractivity contribution in [3.8, 4) is 0 Å². The molecule has 0 aromatic carbocycles. The molecule has 1 fully saturated rings. The van der Waals surface area contributed by atoms with E-state index in [0.29, 0.717) is 6.54 Å². The van der Waals surface area contributed by atoms with Gasteiger partial charge >= 0.3 is 0 Å². The molecule has 3 nitrogen and oxygen atoms in total. The summed E-state index contributed by atoms with van der Waals surface area (Å²) in [5, 5.41) is 0.122. The van der Waals surface area contributed by atoms with E-state index in [9.17, 15) is 8.42 Å². The fourth-order valence-electron chi connectivity index (χ4n) is 1.83. The molecular weight excluding hydrogens is 246 g/mol. The third-order valence-corrected chi connectivity index (χ3v) is 5.89. The Morgan fingerprint density at radius 3 is 2.31 bits per heavy atom. The first kappa shape index (κ1) is 14.3. The molecule has 96 valence electrons. The van der Waals surface area contributed by atoms with Gasteiger partial charge in [-0.1, -0.05) is 12.8 Å². The molecule has 0 bridgehead atoms. The van der Waals surface area contributed by atoms with Gasteiger partial charge in [0.05, 0.1) is 4.75 Å². The van der Waals surface area contributed by atoms with Crippen LogP contribution in [0, 0.1) is 5.92 Å². The Bertz CT molecular complexity index is 321. The Hall–Kier alpha value is 0.200. The Morgan fingerprint density at radius 2 is 1.81 bits per heavy atom. The van der Waals surface area contributed by atoms with Crippen LogP contribution in [0.25, 0.3) is 0 Å². The first-order valence-corrected chi connectivity index (χ1v) is 7.79. The number of rotatable bonds is 3. The maximum Gasteiger partial charge on any atom is 0.216 e. The third kappa shape index (κ3) is 3.60. The molecule has 5 heteroatoms. The van der Waals surface area contributed by atoms with Gasteiger partial charge < -0.3 is 0 Å². The van der Waals surface area contributed by atoms with Gasteiger partial charge in [0.2, 0.25) is 10.0 Å². The molecule has 1 saturated carbocycles. The minimum absolute atomic E-state index is 0.122. The van der Waals surface area contributed by atoms with Crippen molar-refractivity contribution in [1.82, 2.24) is 4.72 Å². The SMILES string of the molecule is CC(C)(C)S(=O)(=O)NCC1CCCCC1Cl. The van der Waals surface area contributed by atoms with Crippen LogP contribution >= 0.6 is 11.6 Å². The monoisotopic (exact) mass is 267 g/mol. The molecule has 0 aromatic heterocycles. The number of nitrogens with one attached hydrogen (secondary N) is 1. The van der Waals surface area contributed by atoms with Crippen LogP contribution in [-0.4, -0.2) is 25.1 Å². The molecule has 2 unspecified atom stereocenters. The Balaban J connectivity index is 2.51. The number of hydrogen-bond donors (Lipinski definition) is 1. The number of sulfonamides is 1. The van der Waals surface area contributed by atoms with Crippen molar-refractivity contribution in [2.24, 2.45) is 5.92 Å². The summed E-state index contributed by atoms with van der Waals surface area (Å²) in [6.07, 6.45) is 4.35. The van der Waals surface area contributed by atoms with Crippen LogP contribution in [0.1, 0.15) is 46.5 Å². The fraction of sp³-hybridized carbons (Fsp3) is 1.00. The standard InChI is InChI=1S/C11H22ClNO2S/c1-11(2,3)16(14,15)13-8-9-6-4-5-7-10(9)12/h9-10,13H,4-8H2,1-3H3. The van der Waals surface area contributed by atoms with Gasteiger partial charge in [-0.25, -0.2) is 13.1 Å². The minimum Gasteiger partial charge on any atom is -0.214 e. The Kier molecular flexibility index (Phi) is 4.66. The molecule has 0 aliphatic heterocycles. The quantitative estimate of drug-likeness (QED) is 0.799. The maximum atomic E-state index is 11.8. The summed E-state index contributed by atoms with van der Waals surface area (Å²) in [6, 6.07) is 0. The lowest BCUT2D eigenvalue weighted by Gasteiger charge is -2.28. The van der Waals surface area contributed by atoms with E-state index >= 15 is 0 Å². The van der Waals surface area contributed by atoms with Gasteiger partial charge in [0.1, 0.15) is 0 Å². The number of halogens is 1. The molecule has 0 aromatic rings. The molecule has 0 radical (unpaired) electrons. The zero-order valence-electron chi connectivity index (χ0n) is 10.3. The summed E-state index contributed by atoms with van der Waals surface area (Å²) in [5.41, 5.74) is 0. The summed E-state index contributed by atoms with van der Waals surface area (Å²) < 4.78 is 25.6. The average molecular weight is 268 g/mol. The molecule has 1 aliphatic carbocycles. The van der Waals surface area contributed by atoms with Gasteiger partial charge in [0, 0.05) is 11.9 Å². The van der Waals surface area contributed by atoms with Crippen LogP contribution in [0.5, 0.6) is 0 Å². The van der Waals surface area contributed by atoms with Crippen molar-refractivity contribution in [3.63, 3.8) is 0 Å². The van der Waals surface area contributed by atoms with Gasteiger partial charge in [-0.3, -0.25) is 0 Å². The lowest BCUT2D eigenvalue weighted by molar-refractivity contribution is 0.363. The topological polar surface area (TPSA) is 46.2 Å². The molecule has 16 heavy (non-hydrogen) atoms. The van der Waals surface area contributed by atoms with Crippen LogP contribution < -0.4 is 4.72 Å². The highest BCUT2D eigenvalue weighted by molar-refractivity contribution is 7.90. The summed E-state index contributed by atoms with van der Waals surface area (Å²) in [7, 11) is -3.23. The summed E-state index contributed by atoms with van der Waals surface area (Å²) in [6.45, 7) is 5.59. The van der Waals surface area contributed by atoms with Crippen molar-refractivity contribution in [2.45, 2.75) is 56.6 Å². The maximum absolute atomic E-state index is 11.8. The molecule has 1 rings (SSSR count). The fourth-order valence-corrected chi connectivity index (χ4v) is 3.06. The predicted molar refractivity (Wildman–Crippen MR) is 68.3 cm³/mol. The first-order chi connectivity index (χ1) is 7.24. The van der Waals surface area contributed by atoms with Crippen LogP contribution in [0.2, 0.25) is 0 Å².